The summed E-state index contributed by atoms with van der Waals surface area (Å²) >= 11 is 9.47. The van der Waals surface area contributed by atoms with E-state index in [9.17, 15) is 9.59 Å². The summed E-state index contributed by atoms with van der Waals surface area (Å²) in [6, 6.07) is 15.2. The van der Waals surface area contributed by atoms with Crippen LogP contribution >= 0.6 is 27.5 Å². The summed E-state index contributed by atoms with van der Waals surface area (Å²) in [6.45, 7) is 1.92. The second-order valence-corrected chi connectivity index (χ2v) is 8.49. The molecule has 1 atom stereocenters. The normalized spacial score (nSPS) is 15.6. The molecule has 1 amide bonds. The van der Waals surface area contributed by atoms with Gasteiger partial charge in [0, 0.05) is 15.7 Å². The van der Waals surface area contributed by atoms with Crippen LogP contribution in [0.2, 0.25) is 5.02 Å². The monoisotopic (exact) mass is 480 g/mol. The third-order valence-electron chi connectivity index (χ3n) is 5.17. The van der Waals surface area contributed by atoms with Crippen LogP contribution in [-0.2, 0) is 0 Å². The van der Waals surface area contributed by atoms with Crippen LogP contribution in [0.5, 0.6) is 0 Å². The first-order valence-corrected chi connectivity index (χ1v) is 10.4. The molecular formula is C23H14BrClN2O3. The quantitative estimate of drug-likeness (QED) is 0.370. The van der Waals surface area contributed by atoms with E-state index in [4.69, 9.17) is 16.0 Å². The maximum absolute atomic E-state index is 13.5. The van der Waals surface area contributed by atoms with Crippen molar-refractivity contribution in [2.45, 2.75) is 13.0 Å². The van der Waals surface area contributed by atoms with Crippen molar-refractivity contribution in [1.29, 1.82) is 0 Å². The summed E-state index contributed by atoms with van der Waals surface area (Å²) < 4.78 is 6.70. The molecule has 0 spiro atoms. The lowest BCUT2D eigenvalue weighted by Gasteiger charge is -2.24. The minimum atomic E-state index is -0.668. The maximum Gasteiger partial charge on any atom is 0.296 e. The number of aromatic nitrogens is 1. The van der Waals surface area contributed by atoms with Gasteiger partial charge >= 0.3 is 0 Å². The van der Waals surface area contributed by atoms with Crippen LogP contribution in [0.15, 0.2) is 74.5 Å². The number of anilines is 1. The van der Waals surface area contributed by atoms with Crippen molar-refractivity contribution >= 4 is 50.2 Å². The van der Waals surface area contributed by atoms with E-state index < -0.39 is 11.9 Å². The van der Waals surface area contributed by atoms with Gasteiger partial charge in [0.25, 0.3) is 5.91 Å². The van der Waals surface area contributed by atoms with Crippen molar-refractivity contribution in [3.8, 4) is 0 Å². The highest BCUT2D eigenvalue weighted by Crippen LogP contribution is 2.41. The smallest absolute Gasteiger partial charge is 0.296 e. The maximum atomic E-state index is 13.5. The fourth-order valence-electron chi connectivity index (χ4n) is 3.79. The van der Waals surface area contributed by atoms with Crippen molar-refractivity contribution in [2.75, 3.05) is 4.90 Å². The molecule has 0 unspecified atom stereocenters. The Morgan fingerprint density at radius 2 is 1.83 bits per heavy atom. The molecule has 1 aliphatic rings. The van der Waals surface area contributed by atoms with Gasteiger partial charge < -0.3 is 4.42 Å². The molecule has 2 aromatic heterocycles. The Kier molecular flexibility index (Phi) is 4.49. The Labute approximate surface area is 185 Å². The molecule has 0 saturated carbocycles. The number of benzene rings is 2. The van der Waals surface area contributed by atoms with Crippen LogP contribution in [0.1, 0.15) is 33.3 Å². The number of hydrogen-bond acceptors (Lipinski definition) is 4. The number of amides is 1. The average Bonchev–Trinajstić information content (AvgIpc) is 3.02. The van der Waals surface area contributed by atoms with E-state index >= 15 is 0 Å². The number of pyridine rings is 1. The number of aryl methyl sites for hydroxylation is 1. The predicted molar refractivity (Wildman–Crippen MR) is 119 cm³/mol. The van der Waals surface area contributed by atoms with Gasteiger partial charge in [-0.05, 0) is 60.5 Å². The van der Waals surface area contributed by atoms with E-state index in [1.54, 1.807) is 36.5 Å². The molecule has 0 saturated heterocycles. The molecule has 4 aromatic rings. The van der Waals surface area contributed by atoms with E-state index in [-0.39, 0.29) is 11.2 Å². The lowest BCUT2D eigenvalue weighted by atomic mass is 9.98. The first-order chi connectivity index (χ1) is 14.4. The summed E-state index contributed by atoms with van der Waals surface area (Å²) in [5.74, 6) is 0.0963. The fourth-order valence-corrected chi connectivity index (χ4v) is 4.28. The molecular weight excluding hydrogens is 468 g/mol. The van der Waals surface area contributed by atoms with Crippen molar-refractivity contribution in [1.82, 2.24) is 4.98 Å². The van der Waals surface area contributed by atoms with Crippen LogP contribution in [0, 0.1) is 6.92 Å². The zero-order valence-corrected chi connectivity index (χ0v) is 18.1. The van der Waals surface area contributed by atoms with Gasteiger partial charge in [0.05, 0.1) is 17.0 Å². The molecule has 0 bridgehead atoms. The third-order valence-corrected chi connectivity index (χ3v) is 5.91. The molecule has 0 aliphatic carbocycles. The minimum Gasteiger partial charge on any atom is -0.450 e. The van der Waals surface area contributed by atoms with Crippen LogP contribution in [0.25, 0.3) is 11.0 Å². The number of carbonyl (C=O) groups excluding carboxylic acids is 1. The van der Waals surface area contributed by atoms with Gasteiger partial charge in [-0.25, -0.2) is 4.98 Å². The molecule has 148 valence electrons. The summed E-state index contributed by atoms with van der Waals surface area (Å²) in [4.78, 5) is 32.8. The molecule has 0 fully saturated rings. The average molecular weight is 482 g/mol. The molecule has 3 heterocycles. The fraction of sp³-hybridized carbons (Fsp3) is 0.0870. The minimum absolute atomic E-state index is 0.0399. The van der Waals surface area contributed by atoms with Gasteiger partial charge in [0.2, 0.25) is 5.76 Å². The van der Waals surface area contributed by atoms with E-state index in [0.29, 0.717) is 27.4 Å². The summed E-state index contributed by atoms with van der Waals surface area (Å²) in [6.07, 6.45) is 1.64. The van der Waals surface area contributed by atoms with Gasteiger partial charge in [-0.3, -0.25) is 14.5 Å². The standard InChI is InChI=1S/C23H14BrClN2O3/c1-12-8-9-26-18(10-12)27-20(13-2-5-15(25)6-3-13)19-21(28)16-11-14(24)4-7-17(16)30-22(19)23(27)29/h2-11,20H,1H3/t20-/m1/s1. The zero-order chi connectivity index (χ0) is 21.0. The van der Waals surface area contributed by atoms with Crippen LogP contribution in [0.3, 0.4) is 0 Å². The number of carbonyl (C=O) groups is 1. The molecule has 5 rings (SSSR count). The highest BCUT2D eigenvalue weighted by atomic mass is 79.9. The van der Waals surface area contributed by atoms with E-state index in [1.807, 2.05) is 31.2 Å². The van der Waals surface area contributed by atoms with Crippen LogP contribution in [-0.4, -0.2) is 10.9 Å². The van der Waals surface area contributed by atoms with Gasteiger partial charge in [-0.15, -0.1) is 0 Å². The molecule has 30 heavy (non-hydrogen) atoms. The van der Waals surface area contributed by atoms with Gasteiger partial charge in [-0.1, -0.05) is 39.7 Å². The number of halogens is 2. The van der Waals surface area contributed by atoms with E-state index in [1.165, 1.54) is 4.90 Å². The predicted octanol–water partition coefficient (Wildman–Crippen LogP) is 5.66. The summed E-state index contributed by atoms with van der Waals surface area (Å²) in [7, 11) is 0. The Morgan fingerprint density at radius 3 is 2.57 bits per heavy atom. The highest BCUT2D eigenvalue weighted by molar-refractivity contribution is 9.10. The number of hydrogen-bond donors (Lipinski definition) is 0. The first-order valence-electron chi connectivity index (χ1n) is 9.22. The Bertz CT molecular complexity index is 1380. The van der Waals surface area contributed by atoms with Crippen molar-refractivity contribution < 1.29 is 9.21 Å². The van der Waals surface area contributed by atoms with Crippen molar-refractivity contribution in [2.24, 2.45) is 0 Å². The number of rotatable bonds is 2. The molecule has 0 N–H and O–H groups in total. The number of fused-ring (bicyclic) bond motifs is 2. The largest absolute Gasteiger partial charge is 0.450 e. The molecule has 0 radical (unpaired) electrons. The lowest BCUT2D eigenvalue weighted by Crippen LogP contribution is -2.30. The summed E-state index contributed by atoms with van der Waals surface area (Å²) in [5, 5.41) is 0.979. The summed E-state index contributed by atoms with van der Waals surface area (Å²) in [5.41, 5.74) is 2.12. The Morgan fingerprint density at radius 1 is 1.07 bits per heavy atom. The van der Waals surface area contributed by atoms with Gasteiger partial charge in [-0.2, -0.15) is 0 Å². The lowest BCUT2D eigenvalue weighted by molar-refractivity contribution is 0.0970. The van der Waals surface area contributed by atoms with E-state index in [2.05, 4.69) is 20.9 Å². The molecule has 1 aliphatic heterocycles. The zero-order valence-electron chi connectivity index (χ0n) is 15.7. The Hall–Kier alpha value is -2.96. The topological polar surface area (TPSA) is 63.4 Å². The van der Waals surface area contributed by atoms with Crippen molar-refractivity contribution in [3.05, 3.63) is 103 Å². The van der Waals surface area contributed by atoms with Gasteiger partial charge in [0.15, 0.2) is 5.43 Å². The third kappa shape index (κ3) is 2.95. The van der Waals surface area contributed by atoms with Crippen LogP contribution in [0.4, 0.5) is 5.82 Å². The van der Waals surface area contributed by atoms with Crippen molar-refractivity contribution in [3.63, 3.8) is 0 Å². The van der Waals surface area contributed by atoms with E-state index in [0.717, 1.165) is 15.6 Å². The first kappa shape index (κ1) is 19.0. The van der Waals surface area contributed by atoms with Gasteiger partial charge in [0.1, 0.15) is 11.4 Å². The second-order valence-electron chi connectivity index (χ2n) is 7.14. The molecule has 5 nitrogen and oxygen atoms in total. The molecule has 2 aromatic carbocycles. The Balaban J connectivity index is 1.83. The second kappa shape index (κ2) is 7.07. The highest BCUT2D eigenvalue weighted by Gasteiger charge is 2.44. The van der Waals surface area contributed by atoms with Crippen LogP contribution < -0.4 is 10.3 Å². The number of nitrogens with zero attached hydrogens (tertiary/aromatic N) is 2. The SMILES string of the molecule is Cc1ccnc(N2C(=O)c3oc4ccc(Br)cc4c(=O)c3[C@H]2c2ccc(Cl)cc2)c1. The molecule has 7 heteroatoms.